The number of hydrogen-bond acceptors (Lipinski definition) is 5. The van der Waals surface area contributed by atoms with E-state index in [2.05, 4.69) is 114 Å². The molecule has 0 fully saturated rings. The molecule has 0 spiro atoms. The molecular formula is C40H46N2O4S. The van der Waals surface area contributed by atoms with Crippen LogP contribution in [0, 0.1) is 6.92 Å². The van der Waals surface area contributed by atoms with Crippen LogP contribution in [-0.2, 0) is 35.5 Å². The zero-order chi connectivity index (χ0) is 33.3. The van der Waals surface area contributed by atoms with Crippen LogP contribution in [0.3, 0.4) is 0 Å². The molecule has 1 heterocycles. The lowest BCUT2D eigenvalue weighted by Crippen LogP contribution is -2.26. The Morgan fingerprint density at radius 2 is 1.49 bits per heavy atom. The van der Waals surface area contributed by atoms with Crippen molar-refractivity contribution in [2.45, 2.75) is 50.8 Å². The maximum atomic E-state index is 11.3. The van der Waals surface area contributed by atoms with E-state index in [9.17, 15) is 9.90 Å². The van der Waals surface area contributed by atoms with Crippen LogP contribution in [-0.4, -0.2) is 47.8 Å². The summed E-state index contributed by atoms with van der Waals surface area (Å²) in [4.78, 5) is 12.5. The zero-order valence-electron chi connectivity index (χ0n) is 27.6. The Morgan fingerprint density at radius 3 is 2.11 bits per heavy atom. The number of aliphatic carboxylic acids is 1. The molecule has 5 rings (SSSR count). The van der Waals surface area contributed by atoms with Crippen molar-refractivity contribution in [2.24, 2.45) is 0 Å². The van der Waals surface area contributed by atoms with Crippen molar-refractivity contribution in [1.82, 2.24) is 9.88 Å². The van der Waals surface area contributed by atoms with Crippen LogP contribution >= 0.6 is 11.8 Å². The second kappa shape index (κ2) is 19.4. The number of ether oxygens (including phenoxy) is 2. The highest BCUT2D eigenvalue weighted by Gasteiger charge is 2.18. The SMILES string of the molecule is CCO[C@@H](Cc1ccc(OCCn2c(C)ccc2-c2ccc(SC)cc2)cc1)C(=O)O.c1ccc(CCNCc2ccccc2)cc1. The average molecular weight is 651 g/mol. The van der Waals surface area contributed by atoms with E-state index < -0.39 is 12.1 Å². The van der Waals surface area contributed by atoms with E-state index in [4.69, 9.17) is 9.47 Å². The smallest absolute Gasteiger partial charge is 0.333 e. The van der Waals surface area contributed by atoms with Crippen LogP contribution < -0.4 is 10.1 Å². The van der Waals surface area contributed by atoms with E-state index in [1.165, 1.54) is 33.0 Å². The number of nitrogens with zero attached hydrogens (tertiary/aromatic N) is 1. The molecule has 47 heavy (non-hydrogen) atoms. The number of carbonyl (C=O) groups is 1. The van der Waals surface area contributed by atoms with Crippen LogP contribution in [0.25, 0.3) is 11.3 Å². The molecule has 1 aromatic heterocycles. The third kappa shape index (κ3) is 11.8. The van der Waals surface area contributed by atoms with Crippen molar-refractivity contribution < 1.29 is 19.4 Å². The Labute approximate surface area is 283 Å². The highest BCUT2D eigenvalue weighted by molar-refractivity contribution is 7.98. The number of aryl methyl sites for hydroxylation is 1. The van der Waals surface area contributed by atoms with Gasteiger partial charge in [0.05, 0.1) is 6.54 Å². The molecule has 0 radical (unpaired) electrons. The Hall–Kier alpha value is -4.30. The Balaban J connectivity index is 0.000000261. The summed E-state index contributed by atoms with van der Waals surface area (Å²) in [5.41, 5.74) is 7.21. The number of carboxylic acid groups (broad SMARTS) is 1. The summed E-state index contributed by atoms with van der Waals surface area (Å²) in [6.45, 7) is 7.54. The summed E-state index contributed by atoms with van der Waals surface area (Å²) in [7, 11) is 0. The number of carboxylic acids is 1. The van der Waals surface area contributed by atoms with E-state index in [0.717, 1.165) is 37.4 Å². The molecule has 5 aromatic rings. The number of thioether (sulfide) groups is 1. The second-order valence-electron chi connectivity index (χ2n) is 11.1. The highest BCUT2D eigenvalue weighted by Crippen LogP contribution is 2.25. The molecule has 0 aliphatic carbocycles. The third-order valence-electron chi connectivity index (χ3n) is 7.76. The number of rotatable bonds is 16. The van der Waals surface area contributed by atoms with Crippen LogP contribution in [0.2, 0.25) is 0 Å². The van der Waals surface area contributed by atoms with E-state index in [0.29, 0.717) is 19.6 Å². The van der Waals surface area contributed by atoms with Gasteiger partial charge in [0.2, 0.25) is 0 Å². The van der Waals surface area contributed by atoms with Crippen molar-refractivity contribution in [3.8, 4) is 17.0 Å². The van der Waals surface area contributed by atoms with Crippen molar-refractivity contribution in [2.75, 3.05) is 26.0 Å². The van der Waals surface area contributed by atoms with E-state index in [-0.39, 0.29) is 0 Å². The van der Waals surface area contributed by atoms with Crippen LogP contribution in [0.5, 0.6) is 5.75 Å². The van der Waals surface area contributed by atoms with Gasteiger partial charge in [0.1, 0.15) is 12.4 Å². The van der Waals surface area contributed by atoms with Gasteiger partial charge in [0.15, 0.2) is 6.10 Å². The fraction of sp³-hybridized carbons (Fsp3) is 0.275. The summed E-state index contributed by atoms with van der Waals surface area (Å²) in [5, 5.41) is 12.7. The Morgan fingerprint density at radius 1 is 0.830 bits per heavy atom. The Kier molecular flexibility index (Phi) is 14.7. The zero-order valence-corrected chi connectivity index (χ0v) is 28.4. The summed E-state index contributed by atoms with van der Waals surface area (Å²) < 4.78 is 13.5. The molecule has 0 bridgehead atoms. The molecule has 1 atom stereocenters. The van der Waals surface area contributed by atoms with Gasteiger partial charge in [-0.05, 0) is 91.7 Å². The number of benzene rings is 4. The minimum Gasteiger partial charge on any atom is -0.492 e. The van der Waals surface area contributed by atoms with Crippen LogP contribution in [0.1, 0.15) is 29.3 Å². The number of nitrogens with one attached hydrogen (secondary N) is 1. The Bertz CT molecular complexity index is 1560. The molecule has 0 saturated carbocycles. The van der Waals surface area contributed by atoms with E-state index >= 15 is 0 Å². The van der Waals surface area contributed by atoms with Gasteiger partial charge in [-0.2, -0.15) is 0 Å². The quantitative estimate of drug-likeness (QED) is 0.0827. The molecule has 7 heteroatoms. The molecule has 0 unspecified atom stereocenters. The lowest BCUT2D eigenvalue weighted by molar-refractivity contribution is -0.149. The molecular weight excluding hydrogens is 605 g/mol. The van der Waals surface area contributed by atoms with Crippen molar-refractivity contribution in [3.05, 3.63) is 144 Å². The van der Waals surface area contributed by atoms with Gasteiger partial charge in [0.25, 0.3) is 0 Å². The lowest BCUT2D eigenvalue weighted by atomic mass is 10.1. The van der Waals surface area contributed by atoms with Gasteiger partial charge >= 0.3 is 5.97 Å². The van der Waals surface area contributed by atoms with Gasteiger partial charge < -0.3 is 24.5 Å². The topological polar surface area (TPSA) is 72.7 Å². The minimum atomic E-state index is -0.942. The van der Waals surface area contributed by atoms with Crippen LogP contribution in [0.15, 0.2) is 126 Å². The maximum Gasteiger partial charge on any atom is 0.333 e. The molecule has 2 N–H and O–H groups in total. The fourth-order valence-corrected chi connectivity index (χ4v) is 5.60. The number of hydrogen-bond donors (Lipinski definition) is 2. The molecule has 6 nitrogen and oxygen atoms in total. The molecule has 0 saturated heterocycles. The summed E-state index contributed by atoms with van der Waals surface area (Å²) in [5.74, 6) is -0.175. The molecule has 4 aromatic carbocycles. The third-order valence-corrected chi connectivity index (χ3v) is 8.50. The first-order valence-electron chi connectivity index (χ1n) is 16.1. The van der Waals surface area contributed by atoms with Crippen LogP contribution in [0.4, 0.5) is 0 Å². The normalized spacial score (nSPS) is 11.4. The molecule has 0 aliphatic rings. The monoisotopic (exact) mass is 650 g/mol. The van der Waals surface area contributed by atoms with Crippen molar-refractivity contribution in [3.63, 3.8) is 0 Å². The van der Waals surface area contributed by atoms with Crippen molar-refractivity contribution in [1.29, 1.82) is 0 Å². The largest absolute Gasteiger partial charge is 0.492 e. The first-order chi connectivity index (χ1) is 23.0. The number of aromatic nitrogens is 1. The average Bonchev–Trinajstić information content (AvgIpc) is 3.48. The predicted octanol–water partition coefficient (Wildman–Crippen LogP) is 8.32. The van der Waals surface area contributed by atoms with E-state index in [1.807, 2.05) is 30.3 Å². The molecule has 246 valence electrons. The standard InChI is InChI=1S/C25H29NO4S.C15H17N/c1-4-29-24(25(27)28)17-19-6-10-21(11-7-19)30-16-15-26-18(2)5-14-23(26)20-8-12-22(31-3)13-9-20;1-3-7-14(8-4-1)11-12-16-13-15-9-5-2-6-10-15/h5-14,24H,4,15-17H2,1-3H3,(H,27,28);1-10,16H,11-13H2/t24-;/m0./s1. The minimum absolute atomic E-state index is 0.338. The van der Waals surface area contributed by atoms with Gasteiger partial charge in [-0.25, -0.2) is 4.79 Å². The van der Waals surface area contributed by atoms with Crippen molar-refractivity contribution >= 4 is 17.7 Å². The van der Waals surface area contributed by atoms with Gasteiger partial charge in [-0.3, -0.25) is 0 Å². The summed E-state index contributed by atoms with van der Waals surface area (Å²) in [6, 6.07) is 41.5. The first kappa shape index (κ1) is 35.6. The maximum absolute atomic E-state index is 11.3. The predicted molar refractivity (Wildman–Crippen MR) is 193 cm³/mol. The molecule has 0 amide bonds. The summed E-state index contributed by atoms with van der Waals surface area (Å²) in [6.07, 6.45) is 2.69. The second-order valence-corrected chi connectivity index (χ2v) is 12.0. The van der Waals surface area contributed by atoms with Gasteiger partial charge in [-0.1, -0.05) is 84.9 Å². The lowest BCUT2D eigenvalue weighted by Gasteiger charge is -2.14. The summed E-state index contributed by atoms with van der Waals surface area (Å²) >= 11 is 1.74. The van der Waals surface area contributed by atoms with Gasteiger partial charge in [0, 0.05) is 35.9 Å². The highest BCUT2D eigenvalue weighted by atomic mass is 32.2. The van der Waals surface area contributed by atoms with Gasteiger partial charge in [-0.15, -0.1) is 11.8 Å². The van der Waals surface area contributed by atoms with E-state index in [1.54, 1.807) is 18.7 Å². The first-order valence-corrected chi connectivity index (χ1v) is 17.3. The fourth-order valence-electron chi connectivity index (χ4n) is 5.20. The molecule has 0 aliphatic heterocycles.